The van der Waals surface area contributed by atoms with Crippen molar-refractivity contribution in [3.05, 3.63) is 58.1 Å². The van der Waals surface area contributed by atoms with Crippen LogP contribution in [0.2, 0.25) is 5.02 Å². The fourth-order valence-electron chi connectivity index (χ4n) is 2.99. The molecule has 1 saturated heterocycles. The van der Waals surface area contributed by atoms with Gasteiger partial charge in [-0.2, -0.15) is 0 Å². The molecule has 2 amide bonds. The minimum absolute atomic E-state index is 0.109. The summed E-state index contributed by atoms with van der Waals surface area (Å²) in [5, 5.41) is 3.08. The first-order valence-corrected chi connectivity index (χ1v) is 9.48. The van der Waals surface area contributed by atoms with E-state index in [4.69, 9.17) is 21.1 Å². The molecule has 0 bridgehead atoms. The standard InChI is InChI=1S/C21H23ClN2O4/c1-14-3-6-19(15(2)11-14)28-13-20(25)23-18-12-16(4-5-17(18)22)21(26)24-7-9-27-10-8-24/h3-6,11-12H,7-10,13H2,1-2H3,(H,23,25). The van der Waals surface area contributed by atoms with E-state index in [2.05, 4.69) is 5.32 Å². The van der Waals surface area contributed by atoms with Crippen LogP contribution in [-0.2, 0) is 9.53 Å². The molecule has 1 heterocycles. The fourth-order valence-corrected chi connectivity index (χ4v) is 3.16. The van der Waals surface area contributed by atoms with Crippen molar-refractivity contribution in [3.63, 3.8) is 0 Å². The Morgan fingerprint density at radius 3 is 2.61 bits per heavy atom. The van der Waals surface area contributed by atoms with Gasteiger partial charge in [0.25, 0.3) is 11.8 Å². The highest BCUT2D eigenvalue weighted by Gasteiger charge is 2.19. The molecule has 0 radical (unpaired) electrons. The number of amides is 2. The van der Waals surface area contributed by atoms with Gasteiger partial charge in [-0.15, -0.1) is 0 Å². The highest BCUT2D eigenvalue weighted by molar-refractivity contribution is 6.33. The first kappa shape index (κ1) is 20.2. The molecule has 2 aromatic carbocycles. The number of hydrogen-bond donors (Lipinski definition) is 1. The van der Waals surface area contributed by atoms with Crippen molar-refractivity contribution in [3.8, 4) is 5.75 Å². The number of carbonyl (C=O) groups excluding carboxylic acids is 2. The molecule has 1 N–H and O–H groups in total. The average Bonchev–Trinajstić information content (AvgIpc) is 2.69. The molecule has 148 valence electrons. The molecular formula is C21H23ClN2O4. The molecule has 0 spiro atoms. The van der Waals surface area contributed by atoms with Crippen LogP contribution in [0.15, 0.2) is 36.4 Å². The van der Waals surface area contributed by atoms with Gasteiger partial charge < -0.3 is 19.7 Å². The van der Waals surface area contributed by atoms with E-state index < -0.39 is 0 Å². The molecule has 0 aromatic heterocycles. The fraction of sp³-hybridized carbons (Fsp3) is 0.333. The molecule has 1 aliphatic rings. The molecule has 2 aromatic rings. The van der Waals surface area contributed by atoms with E-state index in [1.54, 1.807) is 23.1 Å². The maximum atomic E-state index is 12.6. The van der Waals surface area contributed by atoms with Crippen LogP contribution < -0.4 is 10.1 Å². The third-order valence-electron chi connectivity index (χ3n) is 4.47. The monoisotopic (exact) mass is 402 g/mol. The van der Waals surface area contributed by atoms with Crippen LogP contribution >= 0.6 is 11.6 Å². The summed E-state index contributed by atoms with van der Waals surface area (Å²) in [6.07, 6.45) is 0. The summed E-state index contributed by atoms with van der Waals surface area (Å²) in [5.41, 5.74) is 2.94. The van der Waals surface area contributed by atoms with Gasteiger partial charge in [-0.05, 0) is 43.7 Å². The van der Waals surface area contributed by atoms with Crippen LogP contribution in [-0.4, -0.2) is 49.6 Å². The molecule has 0 unspecified atom stereocenters. The van der Waals surface area contributed by atoms with Crippen LogP contribution in [0.3, 0.4) is 0 Å². The number of hydrogen-bond acceptors (Lipinski definition) is 4. The van der Waals surface area contributed by atoms with Gasteiger partial charge in [0.2, 0.25) is 0 Å². The van der Waals surface area contributed by atoms with E-state index in [1.807, 2.05) is 32.0 Å². The zero-order valence-electron chi connectivity index (χ0n) is 16.0. The summed E-state index contributed by atoms with van der Waals surface area (Å²) < 4.78 is 10.9. The summed E-state index contributed by atoms with van der Waals surface area (Å²) in [5.74, 6) is 0.197. The highest BCUT2D eigenvalue weighted by atomic mass is 35.5. The van der Waals surface area contributed by atoms with Crippen molar-refractivity contribution in [2.45, 2.75) is 13.8 Å². The number of rotatable bonds is 5. The third kappa shape index (κ3) is 5.03. The van der Waals surface area contributed by atoms with Crippen LogP contribution in [0.1, 0.15) is 21.5 Å². The molecule has 28 heavy (non-hydrogen) atoms. The number of carbonyl (C=O) groups is 2. The number of halogens is 1. The topological polar surface area (TPSA) is 67.9 Å². The molecule has 1 aliphatic heterocycles. The third-order valence-corrected chi connectivity index (χ3v) is 4.80. The average molecular weight is 403 g/mol. The summed E-state index contributed by atoms with van der Waals surface area (Å²) >= 11 is 6.19. The number of morpholine rings is 1. The molecule has 0 atom stereocenters. The number of nitrogens with zero attached hydrogens (tertiary/aromatic N) is 1. The number of nitrogens with one attached hydrogen (secondary N) is 1. The second-order valence-corrected chi connectivity index (χ2v) is 7.11. The zero-order valence-corrected chi connectivity index (χ0v) is 16.7. The highest BCUT2D eigenvalue weighted by Crippen LogP contribution is 2.24. The first-order chi connectivity index (χ1) is 13.4. The van der Waals surface area contributed by atoms with Crippen molar-refractivity contribution < 1.29 is 19.1 Å². The minimum Gasteiger partial charge on any atom is -0.483 e. The van der Waals surface area contributed by atoms with Crippen LogP contribution in [0.25, 0.3) is 0 Å². The smallest absolute Gasteiger partial charge is 0.262 e. The largest absolute Gasteiger partial charge is 0.483 e. The minimum atomic E-state index is -0.349. The van der Waals surface area contributed by atoms with E-state index in [0.717, 1.165) is 11.1 Å². The predicted octanol–water partition coefficient (Wildman–Crippen LogP) is 3.45. The van der Waals surface area contributed by atoms with Crippen molar-refractivity contribution in [2.24, 2.45) is 0 Å². The van der Waals surface area contributed by atoms with E-state index in [1.165, 1.54) is 0 Å². The SMILES string of the molecule is Cc1ccc(OCC(=O)Nc2cc(C(=O)N3CCOCC3)ccc2Cl)c(C)c1. The quantitative estimate of drug-likeness (QED) is 0.831. The van der Waals surface area contributed by atoms with Crippen LogP contribution in [0, 0.1) is 13.8 Å². The lowest BCUT2D eigenvalue weighted by atomic mass is 10.1. The van der Waals surface area contributed by atoms with Crippen molar-refractivity contribution in [2.75, 3.05) is 38.2 Å². The van der Waals surface area contributed by atoms with Gasteiger partial charge in [-0.3, -0.25) is 9.59 Å². The van der Waals surface area contributed by atoms with Crippen LogP contribution in [0.4, 0.5) is 5.69 Å². The summed E-state index contributed by atoms with van der Waals surface area (Å²) in [4.78, 5) is 26.6. The van der Waals surface area contributed by atoms with Gasteiger partial charge in [0, 0.05) is 18.7 Å². The van der Waals surface area contributed by atoms with Gasteiger partial charge in [0.05, 0.1) is 23.9 Å². The normalized spacial score (nSPS) is 13.9. The van der Waals surface area contributed by atoms with E-state index in [-0.39, 0.29) is 18.4 Å². The number of anilines is 1. The van der Waals surface area contributed by atoms with Crippen molar-refractivity contribution >= 4 is 29.1 Å². The summed E-state index contributed by atoms with van der Waals surface area (Å²) in [6.45, 7) is 5.92. The maximum absolute atomic E-state index is 12.6. The number of aryl methyl sites for hydroxylation is 2. The molecule has 0 saturated carbocycles. The van der Waals surface area contributed by atoms with Gasteiger partial charge >= 0.3 is 0 Å². The van der Waals surface area contributed by atoms with E-state index >= 15 is 0 Å². The van der Waals surface area contributed by atoms with Gasteiger partial charge in [0.1, 0.15) is 5.75 Å². The Hall–Kier alpha value is -2.57. The lowest BCUT2D eigenvalue weighted by Gasteiger charge is -2.27. The Balaban J connectivity index is 1.64. The van der Waals surface area contributed by atoms with Gasteiger partial charge in [-0.1, -0.05) is 29.3 Å². The lowest BCUT2D eigenvalue weighted by molar-refractivity contribution is -0.118. The predicted molar refractivity (Wildman–Crippen MR) is 108 cm³/mol. The summed E-state index contributed by atoms with van der Waals surface area (Å²) in [6, 6.07) is 10.6. The first-order valence-electron chi connectivity index (χ1n) is 9.10. The maximum Gasteiger partial charge on any atom is 0.262 e. The van der Waals surface area contributed by atoms with E-state index in [0.29, 0.717) is 48.3 Å². The Bertz CT molecular complexity index is 879. The number of benzene rings is 2. The molecular weight excluding hydrogens is 380 g/mol. The summed E-state index contributed by atoms with van der Waals surface area (Å²) in [7, 11) is 0. The molecule has 7 heteroatoms. The van der Waals surface area contributed by atoms with Crippen molar-refractivity contribution in [1.82, 2.24) is 4.90 Å². The molecule has 0 aliphatic carbocycles. The Kier molecular flexibility index (Phi) is 6.54. The van der Waals surface area contributed by atoms with Crippen LogP contribution in [0.5, 0.6) is 5.75 Å². The lowest BCUT2D eigenvalue weighted by Crippen LogP contribution is -2.40. The Morgan fingerprint density at radius 1 is 1.14 bits per heavy atom. The zero-order chi connectivity index (χ0) is 20.1. The van der Waals surface area contributed by atoms with Crippen molar-refractivity contribution in [1.29, 1.82) is 0 Å². The van der Waals surface area contributed by atoms with E-state index in [9.17, 15) is 9.59 Å². The second kappa shape index (κ2) is 9.08. The van der Waals surface area contributed by atoms with Gasteiger partial charge in [-0.25, -0.2) is 0 Å². The molecule has 1 fully saturated rings. The number of ether oxygens (including phenoxy) is 2. The second-order valence-electron chi connectivity index (χ2n) is 6.71. The molecule has 6 nitrogen and oxygen atoms in total. The van der Waals surface area contributed by atoms with Gasteiger partial charge in [0.15, 0.2) is 6.61 Å². The Morgan fingerprint density at radius 2 is 1.89 bits per heavy atom. The Labute approximate surface area is 169 Å². The molecule has 3 rings (SSSR count).